The molecule has 1 aliphatic rings. The molecule has 1 atom stereocenters. The second kappa shape index (κ2) is 5.90. The van der Waals surface area contributed by atoms with Crippen LogP contribution >= 0.6 is 0 Å². The van der Waals surface area contributed by atoms with Gasteiger partial charge in [0.2, 0.25) is 0 Å². The minimum absolute atomic E-state index is 0.787. The summed E-state index contributed by atoms with van der Waals surface area (Å²) < 4.78 is 5.25. The van der Waals surface area contributed by atoms with Gasteiger partial charge in [-0.25, -0.2) is 0 Å². The van der Waals surface area contributed by atoms with E-state index in [1.165, 1.54) is 37.8 Å². The normalized spacial score (nSPS) is 21.4. The third-order valence-electron chi connectivity index (χ3n) is 3.31. The molecule has 1 aromatic rings. The van der Waals surface area contributed by atoms with Crippen molar-refractivity contribution >= 4 is 0 Å². The molecule has 0 bridgehead atoms. The van der Waals surface area contributed by atoms with Crippen LogP contribution in [0.5, 0.6) is 5.75 Å². The molecule has 16 heavy (non-hydrogen) atoms. The lowest BCUT2D eigenvalue weighted by Gasteiger charge is -2.14. The van der Waals surface area contributed by atoms with E-state index in [2.05, 4.69) is 23.5 Å². The molecule has 0 aromatic heterocycles. The highest BCUT2D eigenvalue weighted by atomic mass is 16.5. The van der Waals surface area contributed by atoms with Crippen LogP contribution in [0.3, 0.4) is 0 Å². The van der Waals surface area contributed by atoms with Gasteiger partial charge in [0.05, 0.1) is 7.11 Å². The van der Waals surface area contributed by atoms with E-state index in [0.717, 1.165) is 18.2 Å². The molecular weight excluding hydrogens is 198 g/mol. The van der Waals surface area contributed by atoms with Crippen LogP contribution in [0, 0.1) is 5.92 Å². The van der Waals surface area contributed by atoms with Gasteiger partial charge in [0, 0.05) is 0 Å². The molecule has 1 unspecified atom stereocenters. The maximum Gasteiger partial charge on any atom is 0.119 e. The summed E-state index contributed by atoms with van der Waals surface area (Å²) in [7, 11) is 1.73. The van der Waals surface area contributed by atoms with Crippen molar-refractivity contribution in [2.45, 2.75) is 25.7 Å². The van der Waals surface area contributed by atoms with Gasteiger partial charge in [-0.1, -0.05) is 18.6 Å². The molecule has 1 heterocycles. The largest absolute Gasteiger partial charge is 0.497 e. The standard InChI is InChI=1S/C14H21NO/c1-16-14-7-4-6-12(10-14)9-13-5-2-3-8-15-11-13/h4,6-7,10,13,15H,2-3,5,8-9,11H2,1H3. The molecule has 1 aliphatic heterocycles. The Bertz CT molecular complexity index is 316. The fourth-order valence-corrected chi connectivity index (χ4v) is 2.40. The summed E-state index contributed by atoms with van der Waals surface area (Å²) >= 11 is 0. The molecule has 1 N–H and O–H groups in total. The predicted octanol–water partition coefficient (Wildman–Crippen LogP) is 2.63. The number of rotatable bonds is 3. The van der Waals surface area contributed by atoms with Crippen molar-refractivity contribution in [3.05, 3.63) is 29.8 Å². The van der Waals surface area contributed by atoms with E-state index in [1.807, 2.05) is 6.07 Å². The van der Waals surface area contributed by atoms with E-state index in [0.29, 0.717) is 0 Å². The lowest BCUT2D eigenvalue weighted by Crippen LogP contribution is -2.21. The van der Waals surface area contributed by atoms with Crippen molar-refractivity contribution in [2.24, 2.45) is 5.92 Å². The molecule has 88 valence electrons. The Morgan fingerprint density at radius 1 is 1.38 bits per heavy atom. The average molecular weight is 219 g/mol. The van der Waals surface area contributed by atoms with Gasteiger partial charge in [-0.2, -0.15) is 0 Å². The van der Waals surface area contributed by atoms with Crippen LogP contribution in [0.15, 0.2) is 24.3 Å². The maximum absolute atomic E-state index is 5.25. The fourth-order valence-electron chi connectivity index (χ4n) is 2.40. The topological polar surface area (TPSA) is 21.3 Å². The van der Waals surface area contributed by atoms with E-state index in [9.17, 15) is 0 Å². The lowest BCUT2D eigenvalue weighted by molar-refractivity contribution is 0.413. The van der Waals surface area contributed by atoms with Crippen molar-refractivity contribution in [3.63, 3.8) is 0 Å². The summed E-state index contributed by atoms with van der Waals surface area (Å²) in [5.74, 6) is 1.76. The number of hydrogen-bond donors (Lipinski definition) is 1. The number of ether oxygens (including phenoxy) is 1. The molecule has 1 saturated heterocycles. The zero-order valence-electron chi connectivity index (χ0n) is 10.0. The number of nitrogens with one attached hydrogen (secondary N) is 1. The molecular formula is C14H21NO. The highest BCUT2D eigenvalue weighted by Gasteiger charge is 2.12. The van der Waals surface area contributed by atoms with Gasteiger partial charge in [-0.3, -0.25) is 0 Å². The molecule has 0 saturated carbocycles. The summed E-state index contributed by atoms with van der Waals surface area (Å²) in [5, 5.41) is 3.51. The van der Waals surface area contributed by atoms with Crippen molar-refractivity contribution in [1.82, 2.24) is 5.32 Å². The monoisotopic (exact) mass is 219 g/mol. The van der Waals surface area contributed by atoms with Gasteiger partial charge in [-0.05, 0) is 56.0 Å². The average Bonchev–Trinajstić information content (AvgIpc) is 2.58. The highest BCUT2D eigenvalue weighted by molar-refractivity contribution is 5.28. The minimum atomic E-state index is 0.787. The lowest BCUT2D eigenvalue weighted by atomic mass is 9.95. The van der Waals surface area contributed by atoms with Crippen LogP contribution < -0.4 is 10.1 Å². The first-order valence-corrected chi connectivity index (χ1v) is 6.22. The van der Waals surface area contributed by atoms with Crippen molar-refractivity contribution in [3.8, 4) is 5.75 Å². The molecule has 2 heteroatoms. The molecule has 0 aliphatic carbocycles. The van der Waals surface area contributed by atoms with Gasteiger partial charge < -0.3 is 10.1 Å². The van der Waals surface area contributed by atoms with E-state index < -0.39 is 0 Å². The number of methoxy groups -OCH3 is 1. The number of benzene rings is 1. The molecule has 1 aromatic carbocycles. The quantitative estimate of drug-likeness (QED) is 0.843. The third kappa shape index (κ3) is 3.24. The van der Waals surface area contributed by atoms with Gasteiger partial charge in [-0.15, -0.1) is 0 Å². The van der Waals surface area contributed by atoms with E-state index >= 15 is 0 Å². The summed E-state index contributed by atoms with van der Waals surface area (Å²) in [4.78, 5) is 0. The van der Waals surface area contributed by atoms with Crippen LogP contribution in [0.25, 0.3) is 0 Å². The zero-order chi connectivity index (χ0) is 11.2. The predicted molar refractivity (Wildman–Crippen MR) is 66.9 cm³/mol. The summed E-state index contributed by atoms with van der Waals surface area (Å²) in [6, 6.07) is 8.45. The van der Waals surface area contributed by atoms with Crippen LogP contribution in [-0.4, -0.2) is 20.2 Å². The third-order valence-corrected chi connectivity index (χ3v) is 3.31. The first-order valence-electron chi connectivity index (χ1n) is 6.22. The maximum atomic E-state index is 5.25. The van der Waals surface area contributed by atoms with Crippen LogP contribution in [0.4, 0.5) is 0 Å². The van der Waals surface area contributed by atoms with Crippen molar-refractivity contribution < 1.29 is 4.74 Å². The van der Waals surface area contributed by atoms with Gasteiger partial charge in [0.25, 0.3) is 0 Å². The Morgan fingerprint density at radius 2 is 2.31 bits per heavy atom. The Labute approximate surface area is 98.0 Å². The van der Waals surface area contributed by atoms with E-state index in [-0.39, 0.29) is 0 Å². The zero-order valence-corrected chi connectivity index (χ0v) is 10.0. The molecule has 1 fully saturated rings. The Kier molecular flexibility index (Phi) is 4.23. The Morgan fingerprint density at radius 3 is 3.19 bits per heavy atom. The molecule has 0 radical (unpaired) electrons. The van der Waals surface area contributed by atoms with E-state index in [4.69, 9.17) is 4.74 Å². The SMILES string of the molecule is COc1cccc(CC2CCCCNC2)c1. The summed E-state index contributed by atoms with van der Waals surface area (Å²) in [6.45, 7) is 2.35. The second-order valence-corrected chi connectivity index (χ2v) is 4.62. The van der Waals surface area contributed by atoms with Crippen LogP contribution in [0.2, 0.25) is 0 Å². The Balaban J connectivity index is 1.96. The fraction of sp³-hybridized carbons (Fsp3) is 0.571. The molecule has 0 spiro atoms. The van der Waals surface area contributed by atoms with Crippen molar-refractivity contribution in [2.75, 3.05) is 20.2 Å². The van der Waals surface area contributed by atoms with Gasteiger partial charge in [0.1, 0.15) is 5.75 Å². The molecule has 2 rings (SSSR count). The number of hydrogen-bond acceptors (Lipinski definition) is 2. The highest BCUT2D eigenvalue weighted by Crippen LogP contribution is 2.19. The van der Waals surface area contributed by atoms with Crippen LogP contribution in [0.1, 0.15) is 24.8 Å². The van der Waals surface area contributed by atoms with Crippen LogP contribution in [-0.2, 0) is 6.42 Å². The van der Waals surface area contributed by atoms with Crippen molar-refractivity contribution in [1.29, 1.82) is 0 Å². The molecule has 0 amide bonds. The molecule has 2 nitrogen and oxygen atoms in total. The van der Waals surface area contributed by atoms with Gasteiger partial charge >= 0.3 is 0 Å². The summed E-state index contributed by atoms with van der Waals surface area (Å²) in [6.07, 6.45) is 5.21. The second-order valence-electron chi connectivity index (χ2n) is 4.62. The first-order chi connectivity index (χ1) is 7.88. The Hall–Kier alpha value is -1.02. The minimum Gasteiger partial charge on any atom is -0.497 e. The summed E-state index contributed by atoms with van der Waals surface area (Å²) in [5.41, 5.74) is 1.40. The smallest absolute Gasteiger partial charge is 0.119 e. The van der Waals surface area contributed by atoms with Gasteiger partial charge in [0.15, 0.2) is 0 Å². The van der Waals surface area contributed by atoms with E-state index in [1.54, 1.807) is 7.11 Å². The first kappa shape index (κ1) is 11.5.